The first-order valence-electron chi connectivity index (χ1n) is 19.1. The van der Waals surface area contributed by atoms with Gasteiger partial charge in [-0.25, -0.2) is 15.0 Å². The van der Waals surface area contributed by atoms with Crippen molar-refractivity contribution in [2.45, 2.75) is 0 Å². The summed E-state index contributed by atoms with van der Waals surface area (Å²) in [5, 5.41) is 1.98. The maximum Gasteiger partial charge on any atom is 0.164 e. The third-order valence-corrected chi connectivity index (χ3v) is 8.88. The number of aromatic nitrogens is 3. The van der Waals surface area contributed by atoms with Crippen LogP contribution >= 0.6 is 0 Å². The number of benzene rings is 7. The zero-order valence-corrected chi connectivity index (χ0v) is 26.3. The average Bonchev–Trinajstić information content (AvgIpc) is 3.82. The first-order valence-corrected chi connectivity index (χ1v) is 16.1. The third kappa shape index (κ3) is 4.67. The fourth-order valence-electron chi connectivity index (χ4n) is 6.53. The molecule has 234 valence electrons. The fraction of sp³-hybridized carbons (Fsp3) is 0. The number of hydrogen-bond donors (Lipinski definition) is 0. The summed E-state index contributed by atoms with van der Waals surface area (Å²) in [6.45, 7) is 0. The van der Waals surface area contributed by atoms with E-state index in [0.29, 0.717) is 39.5 Å². The van der Waals surface area contributed by atoms with Crippen molar-refractivity contribution >= 4 is 43.9 Å². The van der Waals surface area contributed by atoms with Crippen LogP contribution in [0.2, 0.25) is 0 Å². The van der Waals surface area contributed by atoms with Gasteiger partial charge in [0.1, 0.15) is 22.3 Å². The molecule has 0 spiro atoms. The van der Waals surface area contributed by atoms with Gasteiger partial charge in [0, 0.05) is 38.2 Å². The van der Waals surface area contributed by atoms with E-state index in [1.165, 1.54) is 0 Å². The van der Waals surface area contributed by atoms with Crippen molar-refractivity contribution in [1.29, 1.82) is 0 Å². The lowest BCUT2D eigenvalue weighted by Gasteiger charge is -2.12. The Morgan fingerprint density at radius 2 is 1.06 bits per heavy atom. The molecule has 0 aliphatic rings. The van der Waals surface area contributed by atoms with Crippen LogP contribution in [0.4, 0.5) is 0 Å². The molecule has 0 bridgehead atoms. The predicted octanol–water partition coefficient (Wildman–Crippen LogP) is 12.0. The Morgan fingerprint density at radius 3 is 1.90 bits per heavy atom. The number of furan rings is 2. The van der Waals surface area contributed by atoms with Crippen LogP contribution < -0.4 is 0 Å². The quantitative estimate of drug-likeness (QED) is 0.186. The van der Waals surface area contributed by atoms with Crippen LogP contribution in [0.25, 0.3) is 100 Å². The number of hydrogen-bond acceptors (Lipinski definition) is 5. The van der Waals surface area contributed by atoms with Crippen LogP contribution in [0.15, 0.2) is 172 Å². The summed E-state index contributed by atoms with van der Waals surface area (Å²) in [6, 6.07) is 38.2. The monoisotopic (exact) mass is 647 g/mol. The summed E-state index contributed by atoms with van der Waals surface area (Å²) in [5.74, 6) is 0.645. The molecule has 3 aromatic heterocycles. The standard InChI is InChI=1S/C45H27N3O2/c1-3-12-28(13-4-1)32-16-7-8-18-35(32)45-47-43(29-14-5-2-6-15-29)46-44(48-45)31-22-24-36-41(27-31)50-40-21-11-19-33(42(36)40)30-23-25-39-37(26-30)34-17-9-10-20-38(34)49-39/h1-27H/i11D,19D,21D,22D,24D,27D. The maximum absolute atomic E-state index is 9.54. The van der Waals surface area contributed by atoms with Crippen molar-refractivity contribution in [2.24, 2.45) is 0 Å². The molecule has 0 radical (unpaired) electrons. The van der Waals surface area contributed by atoms with E-state index in [1.807, 2.05) is 115 Å². The van der Waals surface area contributed by atoms with Crippen molar-refractivity contribution in [1.82, 2.24) is 15.0 Å². The van der Waals surface area contributed by atoms with Crippen LogP contribution in [-0.4, -0.2) is 15.0 Å². The van der Waals surface area contributed by atoms with Crippen LogP contribution in [0, 0.1) is 0 Å². The lowest BCUT2D eigenvalue weighted by molar-refractivity contribution is 0.669. The Labute approximate surface area is 295 Å². The lowest BCUT2D eigenvalue weighted by atomic mass is 9.97. The highest BCUT2D eigenvalue weighted by molar-refractivity contribution is 6.14. The summed E-state index contributed by atoms with van der Waals surface area (Å²) in [4.78, 5) is 14.6. The molecular formula is C45H27N3O2. The molecule has 0 saturated heterocycles. The molecular weight excluding hydrogens is 615 g/mol. The molecule has 10 aromatic rings. The Kier molecular flexibility index (Phi) is 5.17. The summed E-state index contributed by atoms with van der Waals surface area (Å²) in [7, 11) is 0. The van der Waals surface area contributed by atoms with E-state index >= 15 is 0 Å². The van der Waals surface area contributed by atoms with E-state index in [1.54, 1.807) is 12.1 Å². The molecule has 0 saturated carbocycles. The molecule has 3 heterocycles. The smallest absolute Gasteiger partial charge is 0.164 e. The van der Waals surface area contributed by atoms with Crippen molar-refractivity contribution < 1.29 is 17.1 Å². The minimum absolute atomic E-state index is 0.00791. The third-order valence-electron chi connectivity index (χ3n) is 8.88. The Balaban J connectivity index is 1.25. The van der Waals surface area contributed by atoms with E-state index in [0.717, 1.165) is 21.9 Å². The van der Waals surface area contributed by atoms with Gasteiger partial charge in [-0.2, -0.15) is 0 Å². The first kappa shape index (κ1) is 22.7. The van der Waals surface area contributed by atoms with Crippen LogP contribution in [0.1, 0.15) is 8.22 Å². The highest BCUT2D eigenvalue weighted by Crippen LogP contribution is 2.40. The molecule has 50 heavy (non-hydrogen) atoms. The normalized spacial score (nSPS) is 13.3. The Morgan fingerprint density at radius 1 is 0.400 bits per heavy atom. The lowest BCUT2D eigenvalue weighted by Crippen LogP contribution is -2.01. The van der Waals surface area contributed by atoms with Gasteiger partial charge in [-0.1, -0.05) is 127 Å². The van der Waals surface area contributed by atoms with Gasteiger partial charge in [0.25, 0.3) is 0 Å². The molecule has 0 unspecified atom stereocenters. The largest absolute Gasteiger partial charge is 0.456 e. The van der Waals surface area contributed by atoms with Gasteiger partial charge >= 0.3 is 0 Å². The van der Waals surface area contributed by atoms with Gasteiger partial charge < -0.3 is 8.83 Å². The Bertz CT molecular complexity index is 3220. The molecule has 0 fully saturated rings. The van der Waals surface area contributed by atoms with Gasteiger partial charge in [0.2, 0.25) is 0 Å². The number of rotatable bonds is 5. The van der Waals surface area contributed by atoms with Crippen molar-refractivity contribution in [2.75, 3.05) is 0 Å². The molecule has 0 aliphatic heterocycles. The molecule has 5 nitrogen and oxygen atoms in total. The van der Waals surface area contributed by atoms with Gasteiger partial charge in [-0.15, -0.1) is 0 Å². The highest BCUT2D eigenvalue weighted by Gasteiger charge is 2.18. The van der Waals surface area contributed by atoms with Gasteiger partial charge in [0.05, 0.1) is 8.22 Å². The highest BCUT2D eigenvalue weighted by atomic mass is 16.3. The molecule has 0 amide bonds. The van der Waals surface area contributed by atoms with E-state index in [9.17, 15) is 4.11 Å². The summed E-state index contributed by atoms with van der Waals surface area (Å²) in [5.41, 5.74) is 5.22. The average molecular weight is 648 g/mol. The van der Waals surface area contributed by atoms with E-state index in [2.05, 4.69) is 0 Å². The second-order valence-corrected chi connectivity index (χ2v) is 11.9. The fourth-order valence-corrected chi connectivity index (χ4v) is 6.53. The molecule has 0 aliphatic carbocycles. The minimum Gasteiger partial charge on any atom is -0.456 e. The Hall–Kier alpha value is -6.85. The molecule has 10 rings (SSSR count). The molecule has 0 N–H and O–H groups in total. The van der Waals surface area contributed by atoms with E-state index < -0.39 is 0 Å². The van der Waals surface area contributed by atoms with E-state index in [4.69, 9.17) is 27.9 Å². The number of nitrogens with zero attached hydrogens (tertiary/aromatic N) is 3. The van der Waals surface area contributed by atoms with Crippen LogP contribution in [0.3, 0.4) is 0 Å². The SMILES string of the molecule is [2H]c1c([2H])c(-c2ccc3oc4ccccc4c3c2)c2c(oc3c([2H])c(-c4nc(-c5ccccc5)nc(-c5ccccc5-c5ccccc5)n4)c([2H])c([2H])c32)c1[2H]. The summed E-state index contributed by atoms with van der Waals surface area (Å²) >= 11 is 0. The minimum atomic E-state index is -0.361. The number of para-hydroxylation sites is 1. The van der Waals surface area contributed by atoms with Crippen molar-refractivity contribution in [3.8, 4) is 56.4 Å². The molecule has 5 heteroatoms. The zero-order valence-electron chi connectivity index (χ0n) is 32.3. The first-order chi connectivity index (χ1) is 27.3. The van der Waals surface area contributed by atoms with E-state index in [-0.39, 0.29) is 75.1 Å². The van der Waals surface area contributed by atoms with Gasteiger partial charge in [-0.05, 0) is 58.6 Å². The summed E-state index contributed by atoms with van der Waals surface area (Å²) in [6.07, 6.45) is 0. The van der Waals surface area contributed by atoms with Crippen LogP contribution in [-0.2, 0) is 0 Å². The predicted molar refractivity (Wildman–Crippen MR) is 202 cm³/mol. The van der Waals surface area contributed by atoms with Crippen molar-refractivity contribution in [3.05, 3.63) is 164 Å². The number of fused-ring (bicyclic) bond motifs is 6. The van der Waals surface area contributed by atoms with Crippen molar-refractivity contribution in [3.63, 3.8) is 0 Å². The topological polar surface area (TPSA) is 65.0 Å². The maximum atomic E-state index is 9.54. The van der Waals surface area contributed by atoms with Gasteiger partial charge in [0.15, 0.2) is 17.5 Å². The molecule has 0 atom stereocenters. The zero-order chi connectivity index (χ0) is 38.2. The van der Waals surface area contributed by atoms with Gasteiger partial charge in [-0.3, -0.25) is 0 Å². The van der Waals surface area contributed by atoms with Crippen LogP contribution in [0.5, 0.6) is 0 Å². The summed E-state index contributed by atoms with van der Waals surface area (Å²) < 4.78 is 67.4. The molecule has 7 aromatic carbocycles. The second kappa shape index (κ2) is 11.4. The second-order valence-electron chi connectivity index (χ2n) is 11.9.